The lowest BCUT2D eigenvalue weighted by Gasteiger charge is -2.28. The topological polar surface area (TPSA) is 128 Å². The van der Waals surface area contributed by atoms with E-state index < -0.39 is 0 Å². The van der Waals surface area contributed by atoms with Crippen LogP contribution in [0.1, 0.15) is 61.7 Å². The molecule has 0 radical (unpaired) electrons. The molecule has 1 saturated carbocycles. The van der Waals surface area contributed by atoms with Crippen LogP contribution in [0.2, 0.25) is 0 Å². The Hall–Kier alpha value is -2.98. The van der Waals surface area contributed by atoms with E-state index in [1.807, 2.05) is 24.3 Å². The molecular weight excluding hydrogens is 436 g/mol. The summed E-state index contributed by atoms with van der Waals surface area (Å²) >= 11 is 0. The number of carbonyl (C=O) groups excluding carboxylic acids is 2. The smallest absolute Gasteiger partial charge is 0.231 e. The largest absolute Gasteiger partial charge is 0.381 e. The van der Waals surface area contributed by atoms with E-state index in [1.165, 1.54) is 0 Å². The van der Waals surface area contributed by atoms with E-state index in [0.29, 0.717) is 38.1 Å². The minimum absolute atomic E-state index is 0.0629. The predicted octanol–water partition coefficient (Wildman–Crippen LogP) is 2.66. The zero-order chi connectivity index (χ0) is 23.3. The second-order valence-corrected chi connectivity index (χ2v) is 9.35. The Kier molecular flexibility index (Phi) is 7.05. The summed E-state index contributed by atoms with van der Waals surface area (Å²) in [5, 5.41) is 23.0. The van der Waals surface area contributed by atoms with Gasteiger partial charge in [-0.2, -0.15) is 10.2 Å². The normalized spacial score (nSPS) is 26.8. The highest BCUT2D eigenvalue weighted by Crippen LogP contribution is 2.40. The predicted molar refractivity (Wildman–Crippen MR) is 123 cm³/mol. The van der Waals surface area contributed by atoms with E-state index in [2.05, 4.69) is 31.0 Å². The summed E-state index contributed by atoms with van der Waals surface area (Å²) in [6.07, 6.45) is 5.56. The summed E-state index contributed by atoms with van der Waals surface area (Å²) < 4.78 is 10.6. The summed E-state index contributed by atoms with van der Waals surface area (Å²) in [5.41, 5.74) is 1.87. The summed E-state index contributed by atoms with van der Waals surface area (Å²) in [7, 11) is 0. The highest BCUT2D eigenvalue weighted by atomic mass is 16.5. The van der Waals surface area contributed by atoms with Crippen molar-refractivity contribution in [1.82, 2.24) is 20.4 Å². The van der Waals surface area contributed by atoms with E-state index in [0.717, 1.165) is 49.9 Å². The molecule has 2 saturated heterocycles. The lowest BCUT2D eigenvalue weighted by Crippen LogP contribution is -2.24. The Balaban J connectivity index is 1.16. The average Bonchev–Trinajstić information content (AvgIpc) is 3.60. The molecule has 2 aromatic rings. The second kappa shape index (κ2) is 10.5. The molecule has 2 amide bonds. The molecule has 2 aromatic heterocycles. The molecule has 0 spiro atoms. The van der Waals surface area contributed by atoms with Gasteiger partial charge in [-0.1, -0.05) is 6.42 Å². The maximum Gasteiger partial charge on any atom is 0.231 e. The van der Waals surface area contributed by atoms with Crippen LogP contribution in [0.25, 0.3) is 0 Å². The molecule has 5 rings (SSSR count). The standard InChI is InChI=1S/C24H30N6O4/c31-23(17-8-10-33-13-17)25-21-6-4-19(27-29-21)15-2-1-3-16(12-15)20-5-7-22(30-28-20)26-24(32)18-9-11-34-14-18/h4-7,15-18H,1-3,8-14H2,(H,25,29,31)(H,26,30,32)/t15-,16-,17?,18?/m0/s1. The van der Waals surface area contributed by atoms with Gasteiger partial charge in [0.1, 0.15) is 0 Å². The Labute approximate surface area is 198 Å². The molecule has 0 bridgehead atoms. The number of nitrogens with one attached hydrogen (secondary N) is 2. The van der Waals surface area contributed by atoms with Crippen molar-refractivity contribution >= 4 is 23.5 Å². The van der Waals surface area contributed by atoms with Crippen molar-refractivity contribution in [2.24, 2.45) is 11.8 Å². The van der Waals surface area contributed by atoms with Crippen molar-refractivity contribution in [2.45, 2.75) is 50.4 Å². The summed E-state index contributed by atoms with van der Waals surface area (Å²) in [4.78, 5) is 24.5. The van der Waals surface area contributed by atoms with E-state index in [-0.39, 0.29) is 35.5 Å². The van der Waals surface area contributed by atoms with Crippen molar-refractivity contribution in [3.05, 3.63) is 35.7 Å². The van der Waals surface area contributed by atoms with Gasteiger partial charge < -0.3 is 20.1 Å². The highest BCUT2D eigenvalue weighted by Gasteiger charge is 2.28. The van der Waals surface area contributed by atoms with Gasteiger partial charge in [-0.05, 0) is 56.4 Å². The van der Waals surface area contributed by atoms with Crippen LogP contribution in [0.4, 0.5) is 11.6 Å². The second-order valence-electron chi connectivity index (χ2n) is 9.35. The maximum atomic E-state index is 12.3. The van der Waals surface area contributed by atoms with Crippen LogP contribution in [0, 0.1) is 11.8 Å². The van der Waals surface area contributed by atoms with Crippen molar-refractivity contribution in [1.29, 1.82) is 0 Å². The number of ether oxygens (including phenoxy) is 2. The minimum Gasteiger partial charge on any atom is -0.381 e. The Morgan fingerprint density at radius 3 is 1.59 bits per heavy atom. The number of hydrogen-bond acceptors (Lipinski definition) is 8. The lowest BCUT2D eigenvalue weighted by molar-refractivity contribution is -0.120. The molecule has 4 heterocycles. The number of anilines is 2. The number of carbonyl (C=O) groups is 2. The summed E-state index contributed by atoms with van der Waals surface area (Å²) in [6, 6.07) is 7.56. The highest BCUT2D eigenvalue weighted by molar-refractivity contribution is 5.92. The van der Waals surface area contributed by atoms with Gasteiger partial charge in [0.15, 0.2) is 11.6 Å². The first-order chi connectivity index (χ1) is 16.7. The Morgan fingerprint density at radius 1 is 0.706 bits per heavy atom. The number of aromatic nitrogens is 4. The first-order valence-corrected chi connectivity index (χ1v) is 12.1. The maximum absolute atomic E-state index is 12.3. The molecule has 2 unspecified atom stereocenters. The van der Waals surface area contributed by atoms with E-state index in [9.17, 15) is 9.59 Å². The van der Waals surface area contributed by atoms with E-state index in [4.69, 9.17) is 9.47 Å². The molecule has 4 atom stereocenters. The third-order valence-corrected chi connectivity index (χ3v) is 6.98. The number of rotatable bonds is 6. The molecular formula is C24H30N6O4. The fourth-order valence-electron chi connectivity index (χ4n) is 4.92. The molecule has 2 aliphatic heterocycles. The van der Waals surface area contributed by atoms with Gasteiger partial charge in [0, 0.05) is 25.0 Å². The summed E-state index contributed by atoms with van der Waals surface area (Å²) in [5.74, 6) is 1.15. The monoisotopic (exact) mass is 466 g/mol. The van der Waals surface area contributed by atoms with Crippen LogP contribution >= 0.6 is 0 Å². The summed E-state index contributed by atoms with van der Waals surface area (Å²) in [6.45, 7) is 2.19. The molecule has 2 N–H and O–H groups in total. The van der Waals surface area contributed by atoms with Gasteiger partial charge in [0.05, 0.1) is 36.4 Å². The first-order valence-electron chi connectivity index (χ1n) is 12.1. The number of hydrogen-bond donors (Lipinski definition) is 2. The van der Waals surface area contributed by atoms with E-state index >= 15 is 0 Å². The van der Waals surface area contributed by atoms with Gasteiger partial charge in [0.25, 0.3) is 0 Å². The van der Waals surface area contributed by atoms with Crippen molar-refractivity contribution in [3.8, 4) is 0 Å². The molecule has 3 aliphatic rings. The minimum atomic E-state index is -0.113. The van der Waals surface area contributed by atoms with Crippen molar-refractivity contribution in [3.63, 3.8) is 0 Å². The van der Waals surface area contributed by atoms with Crippen LogP contribution in [0.3, 0.4) is 0 Å². The third kappa shape index (κ3) is 5.39. The molecule has 10 heteroatoms. The van der Waals surface area contributed by atoms with Crippen LogP contribution in [0.5, 0.6) is 0 Å². The van der Waals surface area contributed by atoms with Gasteiger partial charge in [0.2, 0.25) is 11.8 Å². The SMILES string of the molecule is O=C(Nc1ccc([C@H]2CCC[C@H](c3ccc(NC(=O)C4CCOC4)nn3)C2)nn1)C1CCOC1. The van der Waals surface area contributed by atoms with Gasteiger partial charge >= 0.3 is 0 Å². The van der Waals surface area contributed by atoms with Gasteiger partial charge in [-0.15, -0.1) is 10.2 Å². The average molecular weight is 467 g/mol. The van der Waals surface area contributed by atoms with Crippen molar-refractivity contribution in [2.75, 3.05) is 37.1 Å². The zero-order valence-corrected chi connectivity index (χ0v) is 19.1. The Bertz CT molecular complexity index is 908. The van der Waals surface area contributed by atoms with Crippen LogP contribution in [0.15, 0.2) is 24.3 Å². The quantitative estimate of drug-likeness (QED) is 0.665. The zero-order valence-electron chi connectivity index (χ0n) is 19.1. The number of nitrogens with zero attached hydrogens (tertiary/aromatic N) is 4. The molecule has 1 aliphatic carbocycles. The van der Waals surface area contributed by atoms with Gasteiger partial charge in [-0.3, -0.25) is 9.59 Å². The molecule has 0 aromatic carbocycles. The molecule has 180 valence electrons. The first kappa shape index (κ1) is 22.8. The van der Waals surface area contributed by atoms with Crippen LogP contribution < -0.4 is 10.6 Å². The number of amides is 2. The molecule has 3 fully saturated rings. The molecule has 34 heavy (non-hydrogen) atoms. The Morgan fingerprint density at radius 2 is 1.21 bits per heavy atom. The fourth-order valence-corrected chi connectivity index (χ4v) is 4.92. The van der Waals surface area contributed by atoms with Gasteiger partial charge in [-0.25, -0.2) is 0 Å². The van der Waals surface area contributed by atoms with Crippen molar-refractivity contribution < 1.29 is 19.1 Å². The molecule has 10 nitrogen and oxygen atoms in total. The fraction of sp³-hybridized carbons (Fsp3) is 0.583. The van der Waals surface area contributed by atoms with Crippen LogP contribution in [-0.4, -0.2) is 58.6 Å². The lowest BCUT2D eigenvalue weighted by atomic mass is 9.78. The van der Waals surface area contributed by atoms with E-state index in [1.54, 1.807) is 0 Å². The van der Waals surface area contributed by atoms with Crippen LogP contribution in [-0.2, 0) is 19.1 Å². The third-order valence-electron chi connectivity index (χ3n) is 6.98.